The third kappa shape index (κ3) is 5.78. The number of carboxylic acid groups (broad SMARTS) is 1. The van der Waals surface area contributed by atoms with Crippen LogP contribution in [0.25, 0.3) is 0 Å². The highest BCUT2D eigenvalue weighted by molar-refractivity contribution is 6.40. The molecule has 0 heterocycles. The van der Waals surface area contributed by atoms with Crippen molar-refractivity contribution in [3.8, 4) is 0 Å². The predicted octanol–water partition coefficient (Wildman–Crippen LogP) is 0.904. The summed E-state index contributed by atoms with van der Waals surface area (Å²) in [5, 5.41) is 8.35. The van der Waals surface area contributed by atoms with E-state index in [1.807, 2.05) is 0 Å². The summed E-state index contributed by atoms with van der Waals surface area (Å²) in [6.45, 7) is 0.0115. The van der Waals surface area contributed by atoms with Crippen LogP contribution in [0.3, 0.4) is 0 Å². The number of carbonyl (C=O) groups is 3. The standard InChI is InChI=1S/C13H14O6/c14-11(15)6-7-18-8-9-19-13(17)12(16)10-4-2-1-3-5-10/h1-5H,6-9H2,(H,14,15). The fourth-order valence-electron chi connectivity index (χ4n) is 1.23. The lowest BCUT2D eigenvalue weighted by Gasteiger charge is -2.04. The SMILES string of the molecule is O=C(O)CCOCCOC(=O)C(=O)c1ccccc1. The number of rotatable bonds is 8. The number of ether oxygens (including phenoxy) is 2. The molecule has 0 fully saturated rings. The molecular weight excluding hydrogens is 252 g/mol. The number of ketones is 1. The molecule has 0 amide bonds. The van der Waals surface area contributed by atoms with E-state index in [1.54, 1.807) is 18.2 Å². The van der Waals surface area contributed by atoms with Crippen LogP contribution in [0.1, 0.15) is 16.8 Å². The Morgan fingerprint density at radius 3 is 2.32 bits per heavy atom. The lowest BCUT2D eigenvalue weighted by molar-refractivity contribution is -0.141. The minimum atomic E-state index is -0.962. The minimum Gasteiger partial charge on any atom is -0.481 e. The van der Waals surface area contributed by atoms with Crippen LogP contribution in [0, 0.1) is 0 Å². The van der Waals surface area contributed by atoms with Gasteiger partial charge in [-0.1, -0.05) is 30.3 Å². The highest BCUT2D eigenvalue weighted by atomic mass is 16.6. The Morgan fingerprint density at radius 1 is 1.00 bits per heavy atom. The van der Waals surface area contributed by atoms with Gasteiger partial charge in [0.15, 0.2) is 0 Å². The molecule has 6 heteroatoms. The maximum absolute atomic E-state index is 11.6. The third-order valence-electron chi connectivity index (χ3n) is 2.14. The molecule has 1 aromatic carbocycles. The van der Waals surface area contributed by atoms with Crippen molar-refractivity contribution in [3.63, 3.8) is 0 Å². The van der Waals surface area contributed by atoms with Gasteiger partial charge in [0.2, 0.25) is 0 Å². The molecule has 0 atom stereocenters. The summed E-state index contributed by atoms with van der Waals surface area (Å²) in [7, 11) is 0. The zero-order valence-corrected chi connectivity index (χ0v) is 10.2. The molecule has 0 radical (unpaired) electrons. The smallest absolute Gasteiger partial charge is 0.379 e. The van der Waals surface area contributed by atoms with Gasteiger partial charge < -0.3 is 14.6 Å². The molecule has 0 saturated carbocycles. The summed E-state index contributed by atoms with van der Waals surface area (Å²) in [5.74, 6) is -2.63. The molecule has 19 heavy (non-hydrogen) atoms. The van der Waals surface area contributed by atoms with Crippen LogP contribution in [0.2, 0.25) is 0 Å². The molecule has 1 rings (SSSR count). The lowest BCUT2D eigenvalue weighted by Crippen LogP contribution is -2.20. The molecule has 6 nitrogen and oxygen atoms in total. The van der Waals surface area contributed by atoms with E-state index >= 15 is 0 Å². The molecule has 0 saturated heterocycles. The van der Waals surface area contributed by atoms with E-state index in [4.69, 9.17) is 14.6 Å². The Bertz CT molecular complexity index is 440. The van der Waals surface area contributed by atoms with Crippen molar-refractivity contribution in [1.29, 1.82) is 0 Å². The number of esters is 1. The fraction of sp³-hybridized carbons (Fsp3) is 0.308. The molecule has 0 unspecified atom stereocenters. The van der Waals surface area contributed by atoms with E-state index in [1.165, 1.54) is 12.1 Å². The number of benzene rings is 1. The second-order valence-electron chi connectivity index (χ2n) is 3.59. The Kier molecular flexibility index (Phi) is 6.25. The summed E-state index contributed by atoms with van der Waals surface area (Å²) in [4.78, 5) is 33.1. The average Bonchev–Trinajstić information content (AvgIpc) is 2.42. The van der Waals surface area contributed by atoms with E-state index in [9.17, 15) is 14.4 Å². The number of Topliss-reactive ketones (excluding diaryl/α,β-unsaturated/α-hetero) is 1. The Balaban J connectivity index is 2.21. The highest BCUT2D eigenvalue weighted by Gasteiger charge is 2.16. The molecule has 0 aliphatic rings. The van der Waals surface area contributed by atoms with Gasteiger partial charge in [-0.25, -0.2) is 4.79 Å². The molecule has 0 aromatic heterocycles. The van der Waals surface area contributed by atoms with Gasteiger partial charge in [0.25, 0.3) is 5.78 Å². The molecule has 0 bridgehead atoms. The van der Waals surface area contributed by atoms with Gasteiger partial charge in [0.05, 0.1) is 19.6 Å². The van der Waals surface area contributed by atoms with Crippen LogP contribution in [0.15, 0.2) is 30.3 Å². The maximum Gasteiger partial charge on any atom is 0.379 e. The quantitative estimate of drug-likeness (QED) is 0.325. The van der Waals surface area contributed by atoms with Crippen molar-refractivity contribution in [3.05, 3.63) is 35.9 Å². The zero-order chi connectivity index (χ0) is 14.1. The van der Waals surface area contributed by atoms with Gasteiger partial charge in [-0.05, 0) is 0 Å². The number of carboxylic acids is 1. The normalized spacial score (nSPS) is 9.89. The molecule has 102 valence electrons. The molecule has 0 aliphatic heterocycles. The summed E-state index contributed by atoms with van der Waals surface area (Å²) in [6, 6.07) is 8.07. The summed E-state index contributed by atoms with van der Waals surface area (Å²) in [5.41, 5.74) is 0.263. The number of aliphatic carboxylic acids is 1. The second-order valence-corrected chi connectivity index (χ2v) is 3.59. The molecule has 0 spiro atoms. The summed E-state index contributed by atoms with van der Waals surface area (Å²) >= 11 is 0. The zero-order valence-electron chi connectivity index (χ0n) is 10.2. The maximum atomic E-state index is 11.6. The van der Waals surface area contributed by atoms with Gasteiger partial charge in [-0.3, -0.25) is 9.59 Å². The van der Waals surface area contributed by atoms with E-state index in [-0.39, 0.29) is 31.8 Å². The van der Waals surface area contributed by atoms with Crippen LogP contribution in [-0.2, 0) is 19.1 Å². The number of carbonyl (C=O) groups excluding carboxylic acids is 2. The summed E-state index contributed by atoms with van der Waals surface area (Å²) in [6.07, 6.45) is -0.114. The van der Waals surface area contributed by atoms with Crippen LogP contribution in [0.5, 0.6) is 0 Å². The van der Waals surface area contributed by atoms with Crippen molar-refractivity contribution in [2.45, 2.75) is 6.42 Å². The van der Waals surface area contributed by atoms with E-state index in [0.717, 1.165) is 0 Å². The van der Waals surface area contributed by atoms with Crippen LogP contribution in [0.4, 0.5) is 0 Å². The predicted molar refractivity (Wildman–Crippen MR) is 64.8 cm³/mol. The molecule has 1 aromatic rings. The van der Waals surface area contributed by atoms with Gasteiger partial charge in [0, 0.05) is 5.56 Å². The van der Waals surface area contributed by atoms with Gasteiger partial charge >= 0.3 is 11.9 Å². The molecular formula is C13H14O6. The minimum absolute atomic E-state index is 0.0412. The van der Waals surface area contributed by atoms with Crippen molar-refractivity contribution in [1.82, 2.24) is 0 Å². The van der Waals surface area contributed by atoms with Crippen molar-refractivity contribution in [2.75, 3.05) is 19.8 Å². The Morgan fingerprint density at radius 2 is 1.68 bits per heavy atom. The van der Waals surface area contributed by atoms with Gasteiger partial charge in [-0.15, -0.1) is 0 Å². The number of hydrogen-bond acceptors (Lipinski definition) is 5. The molecule has 0 aliphatic carbocycles. The third-order valence-corrected chi connectivity index (χ3v) is 2.14. The van der Waals surface area contributed by atoms with E-state index in [0.29, 0.717) is 0 Å². The van der Waals surface area contributed by atoms with Crippen LogP contribution < -0.4 is 0 Å². The Labute approximate surface area is 109 Å². The first-order chi connectivity index (χ1) is 9.11. The summed E-state index contributed by atoms with van der Waals surface area (Å²) < 4.78 is 9.62. The first-order valence-electron chi connectivity index (χ1n) is 5.67. The first kappa shape index (κ1) is 14.8. The van der Waals surface area contributed by atoms with Crippen molar-refractivity contribution >= 4 is 17.7 Å². The fourth-order valence-corrected chi connectivity index (χ4v) is 1.23. The average molecular weight is 266 g/mol. The van der Waals surface area contributed by atoms with Crippen LogP contribution >= 0.6 is 0 Å². The number of hydrogen-bond donors (Lipinski definition) is 1. The van der Waals surface area contributed by atoms with Crippen molar-refractivity contribution < 1.29 is 29.0 Å². The topological polar surface area (TPSA) is 89.9 Å². The van der Waals surface area contributed by atoms with Gasteiger partial charge in [-0.2, -0.15) is 0 Å². The Hall–Kier alpha value is -2.21. The monoisotopic (exact) mass is 266 g/mol. The van der Waals surface area contributed by atoms with Crippen molar-refractivity contribution in [2.24, 2.45) is 0 Å². The lowest BCUT2D eigenvalue weighted by atomic mass is 10.1. The molecule has 1 N–H and O–H groups in total. The highest BCUT2D eigenvalue weighted by Crippen LogP contribution is 2.01. The second kappa shape index (κ2) is 7.99. The van der Waals surface area contributed by atoms with E-state index in [2.05, 4.69) is 0 Å². The first-order valence-corrected chi connectivity index (χ1v) is 5.67. The van der Waals surface area contributed by atoms with Gasteiger partial charge in [0.1, 0.15) is 6.61 Å². The largest absolute Gasteiger partial charge is 0.481 e. The van der Waals surface area contributed by atoms with E-state index < -0.39 is 17.7 Å². The van der Waals surface area contributed by atoms with Crippen LogP contribution in [-0.4, -0.2) is 42.6 Å².